The van der Waals surface area contributed by atoms with E-state index in [1.165, 1.54) is 12.8 Å². The second-order valence-electron chi connectivity index (χ2n) is 6.20. The molecule has 0 aliphatic heterocycles. The largest absolute Gasteiger partial charge is 0.292 e. The Morgan fingerprint density at radius 1 is 1.25 bits per heavy atom. The van der Waals surface area contributed by atoms with E-state index in [-0.39, 0.29) is 11.8 Å². The van der Waals surface area contributed by atoms with Gasteiger partial charge in [0, 0.05) is 16.6 Å². The van der Waals surface area contributed by atoms with E-state index < -0.39 is 0 Å². The number of nitrogens with zero attached hydrogens (tertiary/aromatic N) is 1. The summed E-state index contributed by atoms with van der Waals surface area (Å²) in [7, 11) is 0. The van der Waals surface area contributed by atoms with Gasteiger partial charge in [0.15, 0.2) is 5.78 Å². The Balaban J connectivity index is 2.04. The van der Waals surface area contributed by atoms with Crippen molar-refractivity contribution in [2.24, 2.45) is 5.92 Å². The zero-order valence-electron chi connectivity index (χ0n) is 12.6. The van der Waals surface area contributed by atoms with Gasteiger partial charge in [0.2, 0.25) is 0 Å². The molecule has 0 heterocycles. The number of halogens is 1. The van der Waals surface area contributed by atoms with E-state index in [4.69, 9.17) is 11.6 Å². The molecule has 0 radical (unpaired) electrons. The van der Waals surface area contributed by atoms with Gasteiger partial charge in [0.1, 0.15) is 0 Å². The summed E-state index contributed by atoms with van der Waals surface area (Å²) in [5.41, 5.74) is 0.761. The van der Waals surface area contributed by atoms with Crippen LogP contribution in [-0.4, -0.2) is 29.3 Å². The highest BCUT2D eigenvalue weighted by Gasteiger charge is 2.34. The Morgan fingerprint density at radius 3 is 2.35 bits per heavy atom. The van der Waals surface area contributed by atoms with Gasteiger partial charge in [-0.1, -0.05) is 25.4 Å². The number of hydrogen-bond donors (Lipinski definition) is 0. The Labute approximate surface area is 127 Å². The Morgan fingerprint density at radius 2 is 1.85 bits per heavy atom. The van der Waals surface area contributed by atoms with Crippen LogP contribution in [0.25, 0.3) is 0 Å². The molecular weight excluding hydrogens is 270 g/mol. The zero-order chi connectivity index (χ0) is 14.7. The first-order valence-corrected chi connectivity index (χ1v) is 7.92. The second-order valence-corrected chi connectivity index (χ2v) is 6.64. The smallest absolute Gasteiger partial charge is 0.179 e. The molecule has 110 valence electrons. The van der Waals surface area contributed by atoms with E-state index >= 15 is 0 Å². The second kappa shape index (κ2) is 6.73. The third kappa shape index (κ3) is 4.07. The van der Waals surface area contributed by atoms with Crippen molar-refractivity contribution in [3.05, 3.63) is 34.9 Å². The Bertz CT molecular complexity index is 451. The van der Waals surface area contributed by atoms with Gasteiger partial charge in [-0.05, 0) is 62.9 Å². The molecule has 3 heteroatoms. The van der Waals surface area contributed by atoms with Crippen LogP contribution in [0.5, 0.6) is 0 Å². The number of benzene rings is 1. The Hall–Kier alpha value is -0.860. The van der Waals surface area contributed by atoms with E-state index in [2.05, 4.69) is 18.7 Å². The van der Waals surface area contributed by atoms with Gasteiger partial charge in [0.05, 0.1) is 6.04 Å². The first-order valence-electron chi connectivity index (χ1n) is 7.54. The molecule has 1 fully saturated rings. The molecule has 0 amide bonds. The minimum atomic E-state index is -0.0394. The average Bonchev–Trinajstić information content (AvgIpc) is 3.23. The fourth-order valence-electron chi connectivity index (χ4n) is 2.51. The van der Waals surface area contributed by atoms with Crippen LogP contribution in [0.3, 0.4) is 0 Å². The minimum Gasteiger partial charge on any atom is -0.292 e. The molecule has 0 aromatic heterocycles. The van der Waals surface area contributed by atoms with E-state index in [0.717, 1.165) is 18.5 Å². The average molecular weight is 294 g/mol. The first kappa shape index (κ1) is 15.5. The molecular formula is C17H24ClNO. The lowest BCUT2D eigenvalue weighted by atomic mass is 10.0. The van der Waals surface area contributed by atoms with Crippen molar-refractivity contribution in [1.29, 1.82) is 0 Å². The maximum atomic E-state index is 12.6. The number of Topliss-reactive ketones (excluding diaryl/α,β-unsaturated/α-hetero) is 1. The quantitative estimate of drug-likeness (QED) is 0.694. The van der Waals surface area contributed by atoms with E-state index in [9.17, 15) is 4.79 Å². The summed E-state index contributed by atoms with van der Waals surface area (Å²) in [4.78, 5) is 15.0. The number of carbonyl (C=O) groups excluding carboxylic acids is 1. The normalized spacial score (nSPS) is 16.7. The predicted molar refractivity (Wildman–Crippen MR) is 84.4 cm³/mol. The lowest BCUT2D eigenvalue weighted by Gasteiger charge is -2.28. The summed E-state index contributed by atoms with van der Waals surface area (Å²) in [5, 5.41) is 0.674. The Kier molecular flexibility index (Phi) is 5.22. The molecule has 0 N–H and O–H groups in total. The highest BCUT2D eigenvalue weighted by molar-refractivity contribution is 6.30. The fourth-order valence-corrected chi connectivity index (χ4v) is 2.64. The molecule has 20 heavy (non-hydrogen) atoms. The molecule has 1 aromatic carbocycles. The van der Waals surface area contributed by atoms with Crippen molar-refractivity contribution in [3.63, 3.8) is 0 Å². The number of rotatable bonds is 7. The van der Waals surface area contributed by atoms with Gasteiger partial charge in [-0.3, -0.25) is 9.69 Å². The van der Waals surface area contributed by atoms with Crippen LogP contribution in [0, 0.1) is 5.92 Å². The number of hydrogen-bond acceptors (Lipinski definition) is 2. The number of carbonyl (C=O) groups is 1. The molecule has 2 rings (SSSR count). The third-order valence-corrected chi connectivity index (χ3v) is 4.24. The summed E-state index contributed by atoms with van der Waals surface area (Å²) in [6.07, 6.45) is 3.61. The van der Waals surface area contributed by atoms with Crippen molar-refractivity contribution < 1.29 is 4.79 Å². The van der Waals surface area contributed by atoms with Crippen molar-refractivity contribution in [2.75, 3.05) is 6.54 Å². The van der Waals surface area contributed by atoms with Gasteiger partial charge in [-0.15, -0.1) is 0 Å². The SMILES string of the molecule is CC(C)CCN(C1CC1)C(C)C(=O)c1ccc(Cl)cc1. The maximum Gasteiger partial charge on any atom is 0.179 e. The van der Waals surface area contributed by atoms with Gasteiger partial charge in [-0.2, -0.15) is 0 Å². The molecule has 0 spiro atoms. The molecule has 0 saturated heterocycles. The highest BCUT2D eigenvalue weighted by Crippen LogP contribution is 2.30. The van der Waals surface area contributed by atoms with E-state index in [1.807, 2.05) is 19.1 Å². The van der Waals surface area contributed by atoms with Crippen LogP contribution in [-0.2, 0) is 0 Å². The highest BCUT2D eigenvalue weighted by atomic mass is 35.5. The molecule has 1 atom stereocenters. The van der Waals surface area contributed by atoms with Crippen LogP contribution >= 0.6 is 11.6 Å². The predicted octanol–water partition coefficient (Wildman–Crippen LogP) is 4.42. The summed E-state index contributed by atoms with van der Waals surface area (Å²) >= 11 is 5.88. The molecule has 1 unspecified atom stereocenters. The summed E-state index contributed by atoms with van der Waals surface area (Å²) in [6.45, 7) is 7.52. The van der Waals surface area contributed by atoms with Crippen LogP contribution in [0.1, 0.15) is 50.4 Å². The summed E-state index contributed by atoms with van der Waals surface area (Å²) in [6, 6.07) is 7.81. The molecule has 1 aromatic rings. The van der Waals surface area contributed by atoms with Crippen molar-refractivity contribution in [3.8, 4) is 0 Å². The van der Waals surface area contributed by atoms with Gasteiger partial charge < -0.3 is 0 Å². The molecule has 1 aliphatic carbocycles. The van der Waals surface area contributed by atoms with Crippen LogP contribution in [0.2, 0.25) is 5.02 Å². The van der Waals surface area contributed by atoms with Crippen LogP contribution < -0.4 is 0 Å². The standard InChI is InChI=1S/C17H24ClNO/c1-12(2)10-11-19(16-8-9-16)13(3)17(20)14-4-6-15(18)7-5-14/h4-7,12-13,16H,8-11H2,1-3H3. The molecule has 1 aliphatic rings. The van der Waals surface area contributed by atoms with Gasteiger partial charge in [0.25, 0.3) is 0 Å². The molecule has 1 saturated carbocycles. The lowest BCUT2D eigenvalue weighted by molar-refractivity contribution is 0.0818. The molecule has 2 nitrogen and oxygen atoms in total. The van der Waals surface area contributed by atoms with Crippen molar-refractivity contribution >= 4 is 17.4 Å². The van der Waals surface area contributed by atoms with E-state index in [1.54, 1.807) is 12.1 Å². The minimum absolute atomic E-state index is 0.0394. The maximum absolute atomic E-state index is 12.6. The van der Waals surface area contributed by atoms with E-state index in [0.29, 0.717) is 17.0 Å². The van der Waals surface area contributed by atoms with Crippen LogP contribution in [0.4, 0.5) is 0 Å². The lowest BCUT2D eigenvalue weighted by Crippen LogP contribution is -2.41. The summed E-state index contributed by atoms with van der Waals surface area (Å²) < 4.78 is 0. The molecule has 0 bridgehead atoms. The summed E-state index contributed by atoms with van der Waals surface area (Å²) in [5.74, 6) is 0.881. The first-order chi connectivity index (χ1) is 9.49. The van der Waals surface area contributed by atoms with Crippen molar-refractivity contribution in [1.82, 2.24) is 4.90 Å². The van der Waals surface area contributed by atoms with Crippen molar-refractivity contribution in [2.45, 2.75) is 52.1 Å². The van der Waals surface area contributed by atoms with Crippen LogP contribution in [0.15, 0.2) is 24.3 Å². The monoisotopic (exact) mass is 293 g/mol. The number of ketones is 1. The zero-order valence-corrected chi connectivity index (χ0v) is 13.4. The third-order valence-electron chi connectivity index (χ3n) is 3.99. The van der Waals surface area contributed by atoms with Gasteiger partial charge >= 0.3 is 0 Å². The topological polar surface area (TPSA) is 20.3 Å². The van der Waals surface area contributed by atoms with Gasteiger partial charge in [-0.25, -0.2) is 0 Å². The fraction of sp³-hybridized carbons (Fsp3) is 0.588.